The molecule has 0 aliphatic heterocycles. The van der Waals surface area contributed by atoms with E-state index in [9.17, 15) is 13.2 Å². The maximum Gasteiger partial charge on any atom is 0.260 e. The Balaban J connectivity index is 1.72. The third kappa shape index (κ3) is 6.07. The minimum absolute atomic E-state index is 0.319. The van der Waals surface area contributed by atoms with E-state index in [1.807, 2.05) is 56.3 Å². The molecule has 1 amide bonds. The lowest BCUT2D eigenvalue weighted by molar-refractivity contribution is -0.119. The lowest BCUT2D eigenvalue weighted by atomic mass is 10.0. The topological polar surface area (TPSA) is 83.8 Å². The first-order valence-corrected chi connectivity index (χ1v) is 13.0. The maximum absolute atomic E-state index is 12.5. The molecule has 0 atom stereocenters. The molecular formula is C25H29ClN4O3S. The number of carbonyl (C=O) groups excluding carboxylic acids is 1. The number of sulfonamides is 1. The first-order valence-electron chi connectivity index (χ1n) is 10.8. The average Bonchev–Trinajstić information content (AvgIpc) is 3.05. The Labute approximate surface area is 206 Å². The van der Waals surface area contributed by atoms with Gasteiger partial charge in [-0.15, -0.1) is 0 Å². The fraction of sp³-hybridized carbons (Fsp3) is 0.280. The van der Waals surface area contributed by atoms with Crippen molar-refractivity contribution in [3.05, 3.63) is 82.1 Å². The number of carbonyl (C=O) groups is 1. The van der Waals surface area contributed by atoms with Crippen LogP contribution in [0.4, 0.5) is 5.69 Å². The summed E-state index contributed by atoms with van der Waals surface area (Å²) >= 11 is 5.99. The molecule has 0 aliphatic rings. The summed E-state index contributed by atoms with van der Waals surface area (Å²) in [5.74, 6) is -0.221. The standard InChI is InChI=1S/C25H29ClN4O3S/c1-17(2)20-6-10-23(11-7-20)29(34(5,32)33)16-25(31)28-27-15-21-14-18(3)30(19(21)4)24-12-8-22(26)9-13-24/h6-15,17H,16H2,1-5H3,(H,28,31)/b27-15-. The van der Waals surface area contributed by atoms with Crippen LogP contribution in [0.15, 0.2) is 59.7 Å². The largest absolute Gasteiger partial charge is 0.318 e. The van der Waals surface area contributed by atoms with Crippen LogP contribution in [0.5, 0.6) is 0 Å². The normalized spacial score (nSPS) is 11.9. The minimum Gasteiger partial charge on any atom is -0.318 e. The van der Waals surface area contributed by atoms with Crippen LogP contribution < -0.4 is 9.73 Å². The van der Waals surface area contributed by atoms with Crippen LogP contribution in [0.25, 0.3) is 5.69 Å². The minimum atomic E-state index is -3.66. The average molecular weight is 501 g/mol. The molecule has 1 N–H and O–H groups in total. The molecule has 0 bridgehead atoms. The van der Waals surface area contributed by atoms with Gasteiger partial charge in [-0.25, -0.2) is 13.8 Å². The van der Waals surface area contributed by atoms with Gasteiger partial charge >= 0.3 is 0 Å². The summed E-state index contributed by atoms with van der Waals surface area (Å²) in [4.78, 5) is 12.5. The molecular weight excluding hydrogens is 472 g/mol. The number of rotatable bonds is 8. The number of benzene rings is 2. The van der Waals surface area contributed by atoms with Crippen molar-refractivity contribution in [1.82, 2.24) is 9.99 Å². The number of amides is 1. The molecule has 3 aromatic rings. The van der Waals surface area contributed by atoms with Crippen LogP contribution in [-0.2, 0) is 14.8 Å². The fourth-order valence-corrected chi connectivity index (χ4v) is 4.65. The Hall–Kier alpha value is -3.10. The highest BCUT2D eigenvalue weighted by atomic mass is 35.5. The van der Waals surface area contributed by atoms with Crippen LogP contribution in [0.1, 0.15) is 42.3 Å². The van der Waals surface area contributed by atoms with Crippen LogP contribution in [0.3, 0.4) is 0 Å². The van der Waals surface area contributed by atoms with Crippen molar-refractivity contribution >= 4 is 39.4 Å². The number of nitrogens with one attached hydrogen (secondary N) is 1. The molecule has 0 saturated carbocycles. The number of hydrogen-bond donors (Lipinski definition) is 1. The molecule has 7 nitrogen and oxygen atoms in total. The molecule has 2 aromatic carbocycles. The van der Waals surface area contributed by atoms with Gasteiger partial charge in [0.15, 0.2) is 0 Å². The molecule has 180 valence electrons. The number of aromatic nitrogens is 1. The Morgan fingerprint density at radius 3 is 2.29 bits per heavy atom. The Morgan fingerprint density at radius 1 is 1.12 bits per heavy atom. The lowest BCUT2D eigenvalue weighted by Gasteiger charge is -2.21. The van der Waals surface area contributed by atoms with Crippen LogP contribution in [0.2, 0.25) is 5.02 Å². The summed E-state index contributed by atoms with van der Waals surface area (Å²) in [6.07, 6.45) is 2.63. The summed E-state index contributed by atoms with van der Waals surface area (Å²) in [6.45, 7) is 7.67. The number of anilines is 1. The smallest absolute Gasteiger partial charge is 0.260 e. The lowest BCUT2D eigenvalue weighted by Crippen LogP contribution is -2.39. The van der Waals surface area contributed by atoms with Crippen LogP contribution in [-0.4, -0.2) is 37.9 Å². The van der Waals surface area contributed by atoms with E-state index in [2.05, 4.69) is 28.9 Å². The highest BCUT2D eigenvalue weighted by molar-refractivity contribution is 7.92. The van der Waals surface area contributed by atoms with Gasteiger partial charge in [-0.1, -0.05) is 37.6 Å². The molecule has 0 saturated heterocycles. The van der Waals surface area contributed by atoms with Crippen LogP contribution in [0, 0.1) is 13.8 Å². The van der Waals surface area contributed by atoms with E-state index in [4.69, 9.17) is 11.6 Å². The molecule has 0 unspecified atom stereocenters. The predicted octanol–water partition coefficient (Wildman–Crippen LogP) is 4.79. The molecule has 3 rings (SSSR count). The van der Waals surface area contributed by atoms with Crippen molar-refractivity contribution in [3.63, 3.8) is 0 Å². The van der Waals surface area contributed by atoms with Gasteiger partial charge in [0.05, 0.1) is 18.2 Å². The van der Waals surface area contributed by atoms with Gasteiger partial charge in [0.25, 0.3) is 5.91 Å². The van der Waals surface area contributed by atoms with Gasteiger partial charge in [0.2, 0.25) is 10.0 Å². The maximum atomic E-state index is 12.5. The van der Waals surface area contributed by atoms with E-state index < -0.39 is 15.9 Å². The second kappa shape index (κ2) is 10.4. The monoisotopic (exact) mass is 500 g/mol. The zero-order chi connectivity index (χ0) is 25.0. The SMILES string of the molecule is Cc1cc(/C=N\NC(=O)CN(c2ccc(C(C)C)cc2)S(C)(=O)=O)c(C)n1-c1ccc(Cl)cc1. The van der Waals surface area contributed by atoms with Crippen molar-refractivity contribution in [2.75, 3.05) is 17.1 Å². The quantitative estimate of drug-likeness (QED) is 0.356. The van der Waals surface area contributed by atoms with E-state index in [1.54, 1.807) is 18.3 Å². The van der Waals surface area contributed by atoms with Gasteiger partial charge in [0.1, 0.15) is 6.54 Å². The third-order valence-electron chi connectivity index (χ3n) is 5.48. The van der Waals surface area contributed by atoms with Crippen LogP contribution >= 0.6 is 11.6 Å². The summed E-state index contributed by atoms with van der Waals surface area (Å²) < 4.78 is 27.8. The van der Waals surface area contributed by atoms with E-state index in [0.717, 1.165) is 38.8 Å². The number of hydrogen-bond acceptors (Lipinski definition) is 4. The summed E-state index contributed by atoms with van der Waals surface area (Å²) in [5.41, 5.74) is 7.69. The van der Waals surface area contributed by atoms with Gasteiger partial charge in [0, 0.05) is 27.7 Å². The highest BCUT2D eigenvalue weighted by Gasteiger charge is 2.21. The first-order chi connectivity index (χ1) is 16.0. The number of nitrogens with zero attached hydrogens (tertiary/aromatic N) is 3. The van der Waals surface area contributed by atoms with Gasteiger partial charge in [-0.05, 0) is 67.8 Å². The third-order valence-corrected chi connectivity index (χ3v) is 6.88. The van der Waals surface area contributed by atoms with Crippen molar-refractivity contribution in [1.29, 1.82) is 0 Å². The second-order valence-corrected chi connectivity index (χ2v) is 10.8. The summed E-state index contributed by atoms with van der Waals surface area (Å²) in [7, 11) is -3.66. The Kier molecular flexibility index (Phi) is 7.84. The van der Waals surface area contributed by atoms with Gasteiger partial charge in [-0.2, -0.15) is 5.10 Å². The predicted molar refractivity (Wildman–Crippen MR) is 139 cm³/mol. The molecule has 0 radical (unpaired) electrons. The van der Waals surface area contributed by atoms with Crippen molar-refractivity contribution in [3.8, 4) is 5.69 Å². The number of halogens is 1. The van der Waals surface area contributed by atoms with E-state index >= 15 is 0 Å². The van der Waals surface area contributed by atoms with E-state index in [0.29, 0.717) is 16.6 Å². The Bertz CT molecular complexity index is 1300. The van der Waals surface area contributed by atoms with Crippen molar-refractivity contribution in [2.45, 2.75) is 33.6 Å². The molecule has 1 heterocycles. The molecule has 0 fully saturated rings. The summed E-state index contributed by atoms with van der Waals surface area (Å²) in [5, 5.41) is 4.71. The number of hydrazone groups is 1. The van der Waals surface area contributed by atoms with E-state index in [-0.39, 0.29) is 6.54 Å². The van der Waals surface area contributed by atoms with Gasteiger partial charge in [-0.3, -0.25) is 9.10 Å². The van der Waals surface area contributed by atoms with Crippen molar-refractivity contribution < 1.29 is 13.2 Å². The second-order valence-electron chi connectivity index (χ2n) is 8.45. The number of aryl methyl sites for hydroxylation is 1. The molecule has 0 spiro atoms. The molecule has 9 heteroatoms. The first kappa shape index (κ1) is 25.5. The molecule has 1 aromatic heterocycles. The zero-order valence-corrected chi connectivity index (χ0v) is 21.5. The fourth-order valence-electron chi connectivity index (χ4n) is 3.67. The van der Waals surface area contributed by atoms with E-state index in [1.165, 1.54) is 0 Å². The summed E-state index contributed by atoms with van der Waals surface area (Å²) in [6, 6.07) is 16.6. The highest BCUT2D eigenvalue weighted by Crippen LogP contribution is 2.23. The zero-order valence-electron chi connectivity index (χ0n) is 19.9. The Morgan fingerprint density at radius 2 is 1.74 bits per heavy atom. The van der Waals surface area contributed by atoms with Crippen molar-refractivity contribution in [2.24, 2.45) is 5.10 Å². The molecule has 34 heavy (non-hydrogen) atoms. The molecule has 0 aliphatic carbocycles. The van der Waals surface area contributed by atoms with Gasteiger partial charge < -0.3 is 4.57 Å².